The van der Waals surface area contributed by atoms with E-state index in [1.807, 2.05) is 81.4 Å². The topological polar surface area (TPSA) is 61.9 Å². The Hall–Kier alpha value is -2.70. The number of nitrogens with one attached hydrogen (secondary N) is 1. The molecule has 2 aromatic rings. The van der Waals surface area contributed by atoms with Crippen LogP contribution in [0.4, 0.5) is 4.79 Å². The molecule has 0 spiro atoms. The molecule has 1 saturated heterocycles. The Kier molecular flexibility index (Phi) is 7.24. The summed E-state index contributed by atoms with van der Waals surface area (Å²) in [4.78, 5) is 34.9. The largest absolute Gasteiger partial charge is 0.327 e. The van der Waals surface area contributed by atoms with Gasteiger partial charge >= 0.3 is 6.03 Å². The van der Waals surface area contributed by atoms with Crippen molar-refractivity contribution in [3.8, 4) is 0 Å². The monoisotopic (exact) mass is 409 g/mol. The molecule has 1 aliphatic heterocycles. The molecule has 3 rings (SSSR count). The van der Waals surface area contributed by atoms with Crippen molar-refractivity contribution in [1.29, 1.82) is 0 Å². The SMILES string of the molecule is CC(C)[C@@H](CC(=O)N1C(=O)N(C)[C@H](C)[C@@H]1c1ccccc1)NOCc1ccccc1. The van der Waals surface area contributed by atoms with Gasteiger partial charge in [-0.15, -0.1) is 0 Å². The van der Waals surface area contributed by atoms with E-state index >= 15 is 0 Å². The fourth-order valence-electron chi connectivity index (χ4n) is 3.74. The van der Waals surface area contributed by atoms with E-state index in [0.29, 0.717) is 6.61 Å². The van der Waals surface area contributed by atoms with E-state index in [1.54, 1.807) is 11.9 Å². The highest BCUT2D eigenvalue weighted by Gasteiger charge is 2.45. The lowest BCUT2D eigenvalue weighted by Gasteiger charge is -2.27. The molecule has 0 saturated carbocycles. The van der Waals surface area contributed by atoms with Gasteiger partial charge in [-0.3, -0.25) is 14.5 Å². The first-order valence-electron chi connectivity index (χ1n) is 10.4. The molecule has 2 aromatic carbocycles. The first-order chi connectivity index (χ1) is 14.4. The molecule has 30 heavy (non-hydrogen) atoms. The number of nitrogens with zero attached hydrogens (tertiary/aromatic N) is 2. The number of carbonyl (C=O) groups excluding carboxylic acids is 2. The lowest BCUT2D eigenvalue weighted by atomic mass is 9.98. The molecule has 160 valence electrons. The average molecular weight is 410 g/mol. The normalized spacial score (nSPS) is 20.1. The third kappa shape index (κ3) is 4.89. The van der Waals surface area contributed by atoms with Gasteiger partial charge in [0.2, 0.25) is 5.91 Å². The first kappa shape index (κ1) is 22.0. The molecule has 1 N–H and O–H groups in total. The van der Waals surface area contributed by atoms with Gasteiger partial charge in [0.05, 0.1) is 18.7 Å². The van der Waals surface area contributed by atoms with Gasteiger partial charge in [-0.25, -0.2) is 4.79 Å². The van der Waals surface area contributed by atoms with Crippen molar-refractivity contribution < 1.29 is 14.4 Å². The number of hydrogen-bond acceptors (Lipinski definition) is 4. The Morgan fingerprint density at radius 1 is 1.07 bits per heavy atom. The first-order valence-corrected chi connectivity index (χ1v) is 10.4. The summed E-state index contributed by atoms with van der Waals surface area (Å²) in [6, 6.07) is 18.7. The Morgan fingerprint density at radius 2 is 1.67 bits per heavy atom. The summed E-state index contributed by atoms with van der Waals surface area (Å²) in [7, 11) is 1.75. The molecule has 3 atom stereocenters. The van der Waals surface area contributed by atoms with Gasteiger partial charge in [0.1, 0.15) is 0 Å². The van der Waals surface area contributed by atoms with E-state index in [1.165, 1.54) is 4.90 Å². The van der Waals surface area contributed by atoms with E-state index in [-0.39, 0.29) is 42.4 Å². The number of amides is 3. The molecule has 1 heterocycles. The van der Waals surface area contributed by atoms with Gasteiger partial charge in [-0.1, -0.05) is 74.5 Å². The van der Waals surface area contributed by atoms with Crippen molar-refractivity contribution in [2.45, 2.75) is 51.9 Å². The summed E-state index contributed by atoms with van der Waals surface area (Å²) < 4.78 is 0. The van der Waals surface area contributed by atoms with Crippen molar-refractivity contribution in [3.63, 3.8) is 0 Å². The average Bonchev–Trinajstić information content (AvgIpc) is 2.98. The zero-order chi connectivity index (χ0) is 21.7. The number of hydrogen-bond donors (Lipinski definition) is 1. The lowest BCUT2D eigenvalue weighted by Crippen LogP contribution is -2.43. The van der Waals surface area contributed by atoms with Crippen LogP contribution in [0.1, 0.15) is 44.4 Å². The quantitative estimate of drug-likeness (QED) is 0.666. The zero-order valence-electron chi connectivity index (χ0n) is 18.1. The maximum atomic E-state index is 13.3. The molecule has 6 heteroatoms. The van der Waals surface area contributed by atoms with E-state index < -0.39 is 0 Å². The smallest absolute Gasteiger partial charge is 0.322 e. The van der Waals surface area contributed by atoms with Crippen molar-refractivity contribution >= 4 is 11.9 Å². The van der Waals surface area contributed by atoms with Gasteiger partial charge < -0.3 is 4.90 Å². The molecule has 1 aliphatic rings. The number of benzene rings is 2. The van der Waals surface area contributed by atoms with Crippen LogP contribution in [0.5, 0.6) is 0 Å². The summed E-state index contributed by atoms with van der Waals surface area (Å²) in [5.41, 5.74) is 5.05. The van der Waals surface area contributed by atoms with E-state index in [0.717, 1.165) is 11.1 Å². The maximum Gasteiger partial charge on any atom is 0.327 e. The fourth-order valence-corrected chi connectivity index (χ4v) is 3.74. The highest BCUT2D eigenvalue weighted by Crippen LogP contribution is 2.35. The maximum absolute atomic E-state index is 13.3. The predicted octanol–water partition coefficient (Wildman–Crippen LogP) is 4.15. The van der Waals surface area contributed by atoms with Gasteiger partial charge in [0.15, 0.2) is 0 Å². The Bertz CT molecular complexity index is 841. The van der Waals surface area contributed by atoms with Crippen molar-refractivity contribution in [1.82, 2.24) is 15.3 Å². The van der Waals surface area contributed by atoms with E-state index in [9.17, 15) is 9.59 Å². The second-order valence-corrected chi connectivity index (χ2v) is 8.20. The van der Waals surface area contributed by atoms with E-state index in [2.05, 4.69) is 5.48 Å². The standard InChI is InChI=1S/C24H31N3O3/c1-17(2)21(25-30-16-19-11-7-5-8-12-19)15-22(28)27-23(18(3)26(4)24(27)29)20-13-9-6-10-14-20/h5-14,17-18,21,23,25H,15-16H2,1-4H3/t18-,21-,23-/m1/s1. The number of carbonyl (C=O) groups is 2. The van der Waals surface area contributed by atoms with Crippen LogP contribution in [0.2, 0.25) is 0 Å². The third-order valence-electron chi connectivity index (χ3n) is 5.78. The lowest BCUT2D eigenvalue weighted by molar-refractivity contribution is -0.131. The minimum absolute atomic E-state index is 0.0939. The van der Waals surface area contributed by atoms with Gasteiger partial charge in [0, 0.05) is 19.5 Å². The second-order valence-electron chi connectivity index (χ2n) is 8.20. The van der Waals surface area contributed by atoms with E-state index in [4.69, 9.17) is 4.84 Å². The fraction of sp³-hybridized carbons (Fsp3) is 0.417. The summed E-state index contributed by atoms with van der Waals surface area (Å²) in [6.07, 6.45) is 0.183. The highest BCUT2D eigenvalue weighted by molar-refractivity contribution is 5.97. The minimum atomic E-state index is -0.297. The molecular weight excluding hydrogens is 378 g/mol. The third-order valence-corrected chi connectivity index (χ3v) is 5.78. The van der Waals surface area contributed by atoms with Gasteiger partial charge in [-0.2, -0.15) is 5.48 Å². The molecule has 0 aromatic heterocycles. The number of rotatable bonds is 8. The van der Waals surface area contributed by atoms with Crippen LogP contribution in [0.3, 0.4) is 0 Å². The molecule has 0 unspecified atom stereocenters. The van der Waals surface area contributed by atoms with Crippen molar-refractivity contribution in [3.05, 3.63) is 71.8 Å². The number of hydroxylamine groups is 1. The molecule has 0 aliphatic carbocycles. The highest BCUT2D eigenvalue weighted by atomic mass is 16.6. The molecule has 1 fully saturated rings. The predicted molar refractivity (Wildman–Crippen MR) is 116 cm³/mol. The minimum Gasteiger partial charge on any atom is -0.322 e. The summed E-state index contributed by atoms with van der Waals surface area (Å²) in [5.74, 6) is -0.0349. The van der Waals surface area contributed by atoms with Gasteiger partial charge in [-0.05, 0) is 24.0 Å². The van der Waals surface area contributed by atoms with Crippen LogP contribution in [0, 0.1) is 5.92 Å². The van der Waals surface area contributed by atoms with Crippen LogP contribution in [0.25, 0.3) is 0 Å². The van der Waals surface area contributed by atoms with Crippen LogP contribution >= 0.6 is 0 Å². The van der Waals surface area contributed by atoms with Crippen LogP contribution in [-0.4, -0.2) is 40.9 Å². The zero-order valence-corrected chi connectivity index (χ0v) is 18.1. The van der Waals surface area contributed by atoms with Crippen molar-refractivity contribution in [2.24, 2.45) is 5.92 Å². The number of likely N-dealkylation sites (N-methyl/N-ethyl adjacent to an activating group) is 1. The Morgan fingerprint density at radius 3 is 2.27 bits per heavy atom. The number of imide groups is 1. The summed E-state index contributed by atoms with van der Waals surface area (Å²) in [5, 5.41) is 0. The van der Waals surface area contributed by atoms with Crippen molar-refractivity contribution in [2.75, 3.05) is 7.05 Å². The Balaban J connectivity index is 1.69. The molecule has 0 radical (unpaired) electrons. The number of urea groups is 1. The molecule has 0 bridgehead atoms. The van der Waals surface area contributed by atoms with Gasteiger partial charge in [0.25, 0.3) is 0 Å². The van der Waals surface area contributed by atoms with Crippen LogP contribution in [-0.2, 0) is 16.2 Å². The summed E-state index contributed by atoms with van der Waals surface area (Å²) >= 11 is 0. The molecule has 6 nitrogen and oxygen atoms in total. The van der Waals surface area contributed by atoms with Crippen LogP contribution in [0.15, 0.2) is 60.7 Å². The molecule has 3 amide bonds. The molecular formula is C24H31N3O3. The second kappa shape index (κ2) is 9.87. The summed E-state index contributed by atoms with van der Waals surface area (Å²) in [6.45, 7) is 6.45. The Labute approximate surface area is 178 Å². The van der Waals surface area contributed by atoms with Crippen LogP contribution < -0.4 is 5.48 Å².